The summed E-state index contributed by atoms with van der Waals surface area (Å²) in [7, 11) is 1.55. The Labute approximate surface area is 349 Å². The molecule has 304 valence electrons. The zero-order valence-corrected chi connectivity index (χ0v) is 35.3. The van der Waals surface area contributed by atoms with Crippen LogP contribution in [-0.2, 0) is 0 Å². The standard InChI is InChI=1S/C46H51N9O3S/c1-27-29(3)59-45-41(27)42(50-28(2)43-53-52-30(4)55(43)45)33-8-6-31(7-9-33)32-16-18-46(19-17-32)20-21-54(26-46)40-25-48-38(24-49-40)44(56)51-35-11-14-36(15-12-35)58-37-13-10-34(23-47)39(22-37)57-5/h6-10,13,22,24-25,28,32,35-36H,11-12,14-21,26H2,1-5H3,(H,51,56)/t28-,32?,35?,36?,46?/m0/s1. The predicted molar refractivity (Wildman–Crippen MR) is 228 cm³/mol. The first-order valence-electron chi connectivity index (χ1n) is 21.0. The molecule has 2 aliphatic carbocycles. The minimum absolute atomic E-state index is 0.0435. The van der Waals surface area contributed by atoms with Crippen LogP contribution < -0.4 is 19.7 Å². The Morgan fingerprint density at radius 3 is 2.46 bits per heavy atom. The number of carbonyl (C=O) groups excluding carboxylic acids is 1. The number of anilines is 1. The van der Waals surface area contributed by atoms with E-state index in [4.69, 9.17) is 19.5 Å². The summed E-state index contributed by atoms with van der Waals surface area (Å²) in [4.78, 5) is 31.4. The van der Waals surface area contributed by atoms with Crippen molar-refractivity contribution in [3.05, 3.63) is 105 Å². The number of aromatic nitrogens is 5. The number of amides is 1. The van der Waals surface area contributed by atoms with E-state index in [9.17, 15) is 10.1 Å². The molecule has 12 nitrogen and oxygen atoms in total. The largest absolute Gasteiger partial charge is 0.495 e. The van der Waals surface area contributed by atoms with Crippen molar-refractivity contribution in [2.75, 3.05) is 25.1 Å². The van der Waals surface area contributed by atoms with Crippen molar-refractivity contribution in [1.29, 1.82) is 5.26 Å². The normalized spacial score (nSPS) is 23.8. The van der Waals surface area contributed by atoms with Gasteiger partial charge < -0.3 is 19.7 Å². The van der Waals surface area contributed by atoms with Gasteiger partial charge in [0, 0.05) is 41.2 Å². The fourth-order valence-corrected chi connectivity index (χ4v) is 10.9. The van der Waals surface area contributed by atoms with E-state index in [1.807, 2.05) is 6.92 Å². The van der Waals surface area contributed by atoms with Crippen LogP contribution in [0.15, 0.2) is 59.9 Å². The van der Waals surface area contributed by atoms with Crippen LogP contribution in [-0.4, -0.2) is 68.7 Å². The number of nitrogens with one attached hydrogen (secondary N) is 1. The van der Waals surface area contributed by atoms with Gasteiger partial charge in [-0.15, -0.1) is 21.5 Å². The van der Waals surface area contributed by atoms with Crippen LogP contribution in [0.3, 0.4) is 0 Å². The smallest absolute Gasteiger partial charge is 0.271 e. The maximum atomic E-state index is 13.2. The number of carbonyl (C=O) groups is 1. The van der Waals surface area contributed by atoms with Gasteiger partial charge in [0.15, 0.2) is 5.82 Å². The van der Waals surface area contributed by atoms with E-state index < -0.39 is 0 Å². The molecule has 2 aromatic carbocycles. The number of aryl methyl sites for hydroxylation is 2. The molecule has 1 spiro atoms. The molecule has 5 heterocycles. The van der Waals surface area contributed by atoms with Gasteiger partial charge in [-0.2, -0.15) is 5.26 Å². The third kappa shape index (κ3) is 7.48. The van der Waals surface area contributed by atoms with Crippen molar-refractivity contribution in [3.8, 4) is 22.6 Å². The number of fused-ring (bicyclic) bond motifs is 3. The molecule has 1 N–H and O–H groups in total. The van der Waals surface area contributed by atoms with Crippen molar-refractivity contribution < 1.29 is 14.3 Å². The van der Waals surface area contributed by atoms with Crippen LogP contribution in [0.1, 0.15) is 132 Å². The van der Waals surface area contributed by atoms with Gasteiger partial charge in [0.25, 0.3) is 5.91 Å². The zero-order chi connectivity index (χ0) is 40.8. The van der Waals surface area contributed by atoms with Gasteiger partial charge in [-0.1, -0.05) is 24.3 Å². The van der Waals surface area contributed by atoms with Gasteiger partial charge in [0.2, 0.25) is 0 Å². The lowest BCUT2D eigenvalue weighted by atomic mass is 9.68. The molecular formula is C46H51N9O3S. The van der Waals surface area contributed by atoms with Gasteiger partial charge in [-0.3, -0.25) is 14.4 Å². The molecule has 2 saturated carbocycles. The summed E-state index contributed by atoms with van der Waals surface area (Å²) in [6, 6.07) is 16.6. The first kappa shape index (κ1) is 38.9. The number of hydrogen-bond acceptors (Lipinski definition) is 11. The summed E-state index contributed by atoms with van der Waals surface area (Å²) in [5.74, 6) is 4.19. The molecule has 3 fully saturated rings. The Hall–Kier alpha value is -5.61. The number of rotatable bonds is 8. The van der Waals surface area contributed by atoms with E-state index >= 15 is 0 Å². The second-order valence-electron chi connectivity index (χ2n) is 16.9. The number of methoxy groups -OCH3 is 1. The van der Waals surface area contributed by atoms with Crippen molar-refractivity contribution in [2.45, 2.75) is 110 Å². The minimum Gasteiger partial charge on any atom is -0.495 e. The van der Waals surface area contributed by atoms with Crippen LogP contribution in [0.25, 0.3) is 5.00 Å². The average Bonchev–Trinajstić information content (AvgIpc) is 3.92. The molecule has 0 bridgehead atoms. The first-order valence-corrected chi connectivity index (χ1v) is 21.8. The number of aliphatic imine (C=N–C) groups is 1. The quantitative estimate of drug-likeness (QED) is 0.163. The maximum absolute atomic E-state index is 13.2. The second-order valence-corrected chi connectivity index (χ2v) is 18.1. The zero-order valence-electron chi connectivity index (χ0n) is 34.5. The molecule has 1 amide bonds. The lowest BCUT2D eigenvalue weighted by molar-refractivity contribution is 0.0888. The third-order valence-electron chi connectivity index (χ3n) is 13.3. The van der Waals surface area contributed by atoms with E-state index in [2.05, 4.69) is 81.1 Å². The molecule has 13 heteroatoms. The summed E-state index contributed by atoms with van der Waals surface area (Å²) in [6.07, 6.45) is 12.6. The molecule has 0 unspecified atom stereocenters. The Morgan fingerprint density at radius 2 is 1.75 bits per heavy atom. The highest BCUT2D eigenvalue weighted by Crippen LogP contribution is 2.49. The van der Waals surface area contributed by atoms with Crippen LogP contribution in [0.5, 0.6) is 11.5 Å². The van der Waals surface area contributed by atoms with Crippen molar-refractivity contribution in [2.24, 2.45) is 10.4 Å². The SMILES string of the molecule is COc1cc(OC2CCC(NC(=O)c3cnc(N4CCC5(CCC(c6ccc(C7=N[C@@H](C)c8nnc(C)n8-c8sc(C)c(C)c87)cc6)CC5)C4)cn3)CC2)ccc1C#N. The van der Waals surface area contributed by atoms with Gasteiger partial charge in [0.1, 0.15) is 45.9 Å². The van der Waals surface area contributed by atoms with Crippen LogP contribution in [0, 0.1) is 37.5 Å². The highest BCUT2D eigenvalue weighted by Gasteiger charge is 2.42. The molecular weight excluding hydrogens is 759 g/mol. The summed E-state index contributed by atoms with van der Waals surface area (Å²) in [5.41, 5.74) is 7.20. The summed E-state index contributed by atoms with van der Waals surface area (Å²) < 4.78 is 13.7. The molecule has 2 aliphatic heterocycles. The molecule has 4 aliphatic rings. The van der Waals surface area contributed by atoms with Crippen LogP contribution >= 0.6 is 11.3 Å². The Bertz CT molecular complexity index is 2430. The molecule has 3 aromatic heterocycles. The van der Waals surface area contributed by atoms with Crippen LogP contribution in [0.2, 0.25) is 0 Å². The van der Waals surface area contributed by atoms with E-state index in [1.165, 1.54) is 52.3 Å². The monoisotopic (exact) mass is 809 g/mol. The Morgan fingerprint density at radius 1 is 0.966 bits per heavy atom. The van der Waals surface area contributed by atoms with E-state index in [0.717, 1.165) is 73.9 Å². The summed E-state index contributed by atoms with van der Waals surface area (Å²) in [5, 5.41) is 22.5. The van der Waals surface area contributed by atoms with E-state index in [-0.39, 0.29) is 29.5 Å². The van der Waals surface area contributed by atoms with Crippen molar-refractivity contribution >= 4 is 28.8 Å². The number of ether oxygens (including phenoxy) is 2. The van der Waals surface area contributed by atoms with E-state index in [1.54, 1.807) is 49.0 Å². The molecule has 9 rings (SSSR count). The first-order chi connectivity index (χ1) is 28.6. The molecule has 59 heavy (non-hydrogen) atoms. The molecule has 5 aromatic rings. The highest BCUT2D eigenvalue weighted by molar-refractivity contribution is 7.15. The molecule has 1 saturated heterocycles. The third-order valence-corrected chi connectivity index (χ3v) is 14.5. The second kappa shape index (κ2) is 15.9. The fourth-order valence-electron chi connectivity index (χ4n) is 9.71. The lowest BCUT2D eigenvalue weighted by Gasteiger charge is -2.37. The van der Waals surface area contributed by atoms with Gasteiger partial charge in [-0.05, 0) is 120 Å². The van der Waals surface area contributed by atoms with Crippen molar-refractivity contribution in [3.63, 3.8) is 0 Å². The number of nitriles is 1. The highest BCUT2D eigenvalue weighted by atomic mass is 32.1. The van der Waals surface area contributed by atoms with Gasteiger partial charge in [0.05, 0.1) is 36.9 Å². The van der Waals surface area contributed by atoms with E-state index in [0.29, 0.717) is 28.7 Å². The minimum atomic E-state index is -0.187. The number of thiophene rings is 1. The summed E-state index contributed by atoms with van der Waals surface area (Å²) in [6.45, 7) is 10.5. The van der Waals surface area contributed by atoms with Gasteiger partial charge >= 0.3 is 0 Å². The Balaban J connectivity index is 0.769. The fraction of sp³-hybridized carbons (Fsp3) is 0.457. The Kier molecular flexibility index (Phi) is 10.5. The molecule has 1 atom stereocenters. The lowest BCUT2D eigenvalue weighted by Crippen LogP contribution is -2.40. The topological polar surface area (TPSA) is 143 Å². The average molecular weight is 810 g/mol. The molecule has 0 radical (unpaired) electrons. The number of hydrogen-bond donors (Lipinski definition) is 1. The summed E-state index contributed by atoms with van der Waals surface area (Å²) >= 11 is 1.80. The number of nitrogens with zero attached hydrogens (tertiary/aromatic N) is 8. The predicted octanol–water partition coefficient (Wildman–Crippen LogP) is 8.51. The number of benzene rings is 2. The van der Waals surface area contributed by atoms with Crippen LogP contribution in [0.4, 0.5) is 5.82 Å². The van der Waals surface area contributed by atoms with Gasteiger partial charge in [-0.25, -0.2) is 9.97 Å². The maximum Gasteiger partial charge on any atom is 0.271 e. The van der Waals surface area contributed by atoms with Crippen molar-refractivity contribution in [1.82, 2.24) is 30.0 Å².